The number of sulfonamides is 1. The second-order valence-corrected chi connectivity index (χ2v) is 9.59. The summed E-state index contributed by atoms with van der Waals surface area (Å²) in [4.78, 5) is 4.90. The van der Waals surface area contributed by atoms with E-state index in [9.17, 15) is 8.42 Å². The molecule has 0 spiro atoms. The van der Waals surface area contributed by atoms with Gasteiger partial charge in [0.05, 0.1) is 33.2 Å². The van der Waals surface area contributed by atoms with E-state index < -0.39 is 10.0 Å². The SMILES string of the molecule is CCCn1c(CNc2ccc(Cl)cc2Cl)nc2cc(S(=O)(=O)N(C)C)ccc21. The average Bonchev–Trinajstić information content (AvgIpc) is 2.98. The van der Waals surface area contributed by atoms with Crippen LogP contribution < -0.4 is 5.32 Å². The number of aromatic nitrogens is 2. The summed E-state index contributed by atoms with van der Waals surface area (Å²) in [5.41, 5.74) is 2.31. The van der Waals surface area contributed by atoms with Gasteiger partial charge in [-0.05, 0) is 42.8 Å². The number of nitrogens with one attached hydrogen (secondary N) is 1. The third kappa shape index (κ3) is 4.12. The monoisotopic (exact) mass is 440 g/mol. The van der Waals surface area contributed by atoms with Crippen LogP contribution in [0, 0.1) is 0 Å². The highest BCUT2D eigenvalue weighted by atomic mass is 35.5. The molecule has 0 radical (unpaired) electrons. The van der Waals surface area contributed by atoms with Crippen molar-refractivity contribution < 1.29 is 8.42 Å². The van der Waals surface area contributed by atoms with Gasteiger partial charge in [0.2, 0.25) is 10.0 Å². The first-order valence-corrected chi connectivity index (χ1v) is 11.0. The summed E-state index contributed by atoms with van der Waals surface area (Å²) in [6.45, 7) is 3.32. The van der Waals surface area contributed by atoms with Crippen LogP contribution in [0.2, 0.25) is 10.0 Å². The van der Waals surface area contributed by atoms with Crippen LogP contribution in [0.25, 0.3) is 11.0 Å². The predicted molar refractivity (Wildman–Crippen MR) is 115 cm³/mol. The van der Waals surface area contributed by atoms with Crippen LogP contribution >= 0.6 is 23.2 Å². The first-order valence-electron chi connectivity index (χ1n) is 8.84. The van der Waals surface area contributed by atoms with E-state index in [2.05, 4.69) is 21.8 Å². The van der Waals surface area contributed by atoms with Crippen molar-refractivity contribution in [2.24, 2.45) is 0 Å². The number of halogens is 2. The fourth-order valence-corrected chi connectivity index (χ4v) is 4.34. The fraction of sp³-hybridized carbons (Fsp3) is 0.316. The minimum atomic E-state index is -3.51. The summed E-state index contributed by atoms with van der Waals surface area (Å²) in [6.07, 6.45) is 0.928. The Morgan fingerprint density at radius 2 is 1.89 bits per heavy atom. The van der Waals surface area contributed by atoms with Gasteiger partial charge in [-0.3, -0.25) is 0 Å². The molecule has 0 aliphatic heterocycles. The Balaban J connectivity index is 1.98. The number of nitrogens with zero attached hydrogens (tertiary/aromatic N) is 3. The van der Waals surface area contributed by atoms with Crippen LogP contribution in [-0.2, 0) is 23.1 Å². The summed E-state index contributed by atoms with van der Waals surface area (Å²) in [6, 6.07) is 10.3. The van der Waals surface area contributed by atoms with E-state index in [1.807, 2.05) is 12.1 Å². The van der Waals surface area contributed by atoms with E-state index in [0.29, 0.717) is 22.1 Å². The zero-order valence-corrected chi connectivity index (χ0v) is 18.2. The molecule has 0 aliphatic rings. The van der Waals surface area contributed by atoms with Gasteiger partial charge in [0.25, 0.3) is 0 Å². The van der Waals surface area contributed by atoms with Crippen molar-refractivity contribution in [1.82, 2.24) is 13.9 Å². The average molecular weight is 441 g/mol. The lowest BCUT2D eigenvalue weighted by Gasteiger charge is -2.12. The second-order valence-electron chi connectivity index (χ2n) is 6.60. The molecule has 0 unspecified atom stereocenters. The molecule has 1 N–H and O–H groups in total. The zero-order valence-electron chi connectivity index (χ0n) is 15.9. The topological polar surface area (TPSA) is 67.2 Å². The molecule has 150 valence electrons. The van der Waals surface area contributed by atoms with Crippen molar-refractivity contribution >= 4 is 49.9 Å². The molecule has 0 atom stereocenters. The molecule has 6 nitrogen and oxygen atoms in total. The van der Waals surface area contributed by atoms with Gasteiger partial charge in [0.1, 0.15) is 5.82 Å². The van der Waals surface area contributed by atoms with E-state index in [0.717, 1.165) is 30.0 Å². The van der Waals surface area contributed by atoms with Crippen LogP contribution in [0.15, 0.2) is 41.3 Å². The normalized spacial score (nSPS) is 12.1. The maximum atomic E-state index is 12.4. The molecule has 0 saturated heterocycles. The lowest BCUT2D eigenvalue weighted by molar-refractivity contribution is 0.521. The summed E-state index contributed by atoms with van der Waals surface area (Å²) >= 11 is 12.2. The standard InChI is InChI=1S/C19H22Cl2N4O2S/c1-4-9-25-18-8-6-14(28(26,27)24(2)3)11-17(18)23-19(25)12-22-16-7-5-13(20)10-15(16)21/h5-8,10-11,22H,4,9,12H2,1-3H3. The van der Waals surface area contributed by atoms with Crippen molar-refractivity contribution in [1.29, 1.82) is 0 Å². The Hall–Kier alpha value is -1.80. The lowest BCUT2D eigenvalue weighted by Crippen LogP contribution is -2.22. The van der Waals surface area contributed by atoms with Crippen molar-refractivity contribution in [2.45, 2.75) is 31.3 Å². The molecule has 3 aromatic rings. The molecule has 0 fully saturated rings. The first-order chi connectivity index (χ1) is 13.2. The summed E-state index contributed by atoms with van der Waals surface area (Å²) in [5.74, 6) is 0.808. The first kappa shape index (κ1) is 20.9. The summed E-state index contributed by atoms with van der Waals surface area (Å²) in [7, 11) is -0.482. The highest BCUT2D eigenvalue weighted by Crippen LogP contribution is 2.27. The largest absolute Gasteiger partial charge is 0.377 e. The van der Waals surface area contributed by atoms with Crippen molar-refractivity contribution in [3.05, 3.63) is 52.3 Å². The highest BCUT2D eigenvalue weighted by molar-refractivity contribution is 7.89. The van der Waals surface area contributed by atoms with E-state index in [4.69, 9.17) is 23.2 Å². The minimum absolute atomic E-state index is 0.228. The zero-order chi connectivity index (χ0) is 20.5. The highest BCUT2D eigenvalue weighted by Gasteiger charge is 2.19. The quantitative estimate of drug-likeness (QED) is 0.581. The maximum absolute atomic E-state index is 12.4. The number of anilines is 1. The Morgan fingerprint density at radius 3 is 2.54 bits per heavy atom. The number of imidazole rings is 1. The smallest absolute Gasteiger partial charge is 0.242 e. The number of fused-ring (bicyclic) bond motifs is 1. The molecule has 0 amide bonds. The third-order valence-corrected chi connectivity index (χ3v) is 6.75. The number of hydrogen-bond donors (Lipinski definition) is 1. The molecular weight excluding hydrogens is 419 g/mol. The van der Waals surface area contributed by atoms with Crippen LogP contribution in [0.4, 0.5) is 5.69 Å². The van der Waals surface area contributed by atoms with Gasteiger partial charge in [0.15, 0.2) is 0 Å². The molecule has 3 rings (SSSR count). The summed E-state index contributed by atoms with van der Waals surface area (Å²) < 4.78 is 28.1. The molecule has 0 bridgehead atoms. The van der Waals surface area contributed by atoms with Crippen LogP contribution in [-0.4, -0.2) is 36.4 Å². The molecule has 1 aromatic heterocycles. The number of benzene rings is 2. The van der Waals surface area contributed by atoms with Crippen LogP contribution in [0.3, 0.4) is 0 Å². The number of aryl methyl sites for hydroxylation is 1. The van der Waals surface area contributed by atoms with Gasteiger partial charge in [-0.1, -0.05) is 30.1 Å². The van der Waals surface area contributed by atoms with Gasteiger partial charge in [-0.15, -0.1) is 0 Å². The maximum Gasteiger partial charge on any atom is 0.242 e. The van der Waals surface area contributed by atoms with Gasteiger partial charge >= 0.3 is 0 Å². The lowest BCUT2D eigenvalue weighted by atomic mass is 10.3. The molecule has 28 heavy (non-hydrogen) atoms. The van der Waals surface area contributed by atoms with E-state index in [1.54, 1.807) is 24.3 Å². The van der Waals surface area contributed by atoms with E-state index in [-0.39, 0.29) is 4.90 Å². The molecule has 2 aromatic carbocycles. The van der Waals surface area contributed by atoms with Gasteiger partial charge in [-0.25, -0.2) is 17.7 Å². The number of hydrogen-bond acceptors (Lipinski definition) is 4. The van der Waals surface area contributed by atoms with Crippen LogP contribution in [0.5, 0.6) is 0 Å². The molecule has 0 saturated carbocycles. The Kier molecular flexibility index (Phi) is 6.19. The molecule has 0 aliphatic carbocycles. The van der Waals surface area contributed by atoms with E-state index >= 15 is 0 Å². The van der Waals surface area contributed by atoms with Crippen LogP contribution in [0.1, 0.15) is 19.2 Å². The number of rotatable bonds is 7. The van der Waals surface area contributed by atoms with E-state index in [1.165, 1.54) is 18.4 Å². The molecule has 9 heteroatoms. The summed E-state index contributed by atoms with van der Waals surface area (Å²) in [5, 5.41) is 4.38. The van der Waals surface area contributed by atoms with Crippen molar-refractivity contribution in [3.8, 4) is 0 Å². The molecule has 1 heterocycles. The van der Waals surface area contributed by atoms with Crippen molar-refractivity contribution in [3.63, 3.8) is 0 Å². The second kappa shape index (κ2) is 8.29. The molecular formula is C19H22Cl2N4O2S. The van der Waals surface area contributed by atoms with Crippen molar-refractivity contribution in [2.75, 3.05) is 19.4 Å². The minimum Gasteiger partial charge on any atom is -0.377 e. The Bertz CT molecular complexity index is 1110. The van der Waals surface area contributed by atoms with Gasteiger partial charge in [-0.2, -0.15) is 0 Å². The van der Waals surface area contributed by atoms with Gasteiger partial charge < -0.3 is 9.88 Å². The predicted octanol–water partition coefficient (Wildman–Crippen LogP) is 4.62. The third-order valence-electron chi connectivity index (χ3n) is 4.39. The Morgan fingerprint density at radius 1 is 1.14 bits per heavy atom. The Labute approximate surface area is 175 Å². The van der Waals surface area contributed by atoms with Gasteiger partial charge in [0, 0.05) is 25.7 Å². The fourth-order valence-electron chi connectivity index (χ4n) is 2.95.